The number of methoxy groups -OCH3 is 1. The van der Waals surface area contributed by atoms with Gasteiger partial charge in [0.05, 0.1) is 7.11 Å². The molecule has 0 aliphatic carbocycles. The fourth-order valence-electron chi connectivity index (χ4n) is 3.95. The fourth-order valence-corrected chi connectivity index (χ4v) is 4.30. The highest BCUT2D eigenvalue weighted by Gasteiger charge is 2.32. The Morgan fingerprint density at radius 3 is 2.64 bits per heavy atom. The third-order valence-electron chi connectivity index (χ3n) is 5.51. The Balaban J connectivity index is 1.48. The lowest BCUT2D eigenvalue weighted by Gasteiger charge is -2.19. The van der Waals surface area contributed by atoms with Crippen molar-refractivity contribution in [2.24, 2.45) is 0 Å². The molecule has 1 atom stereocenters. The largest absolute Gasteiger partial charge is 0.494 e. The van der Waals surface area contributed by atoms with E-state index in [1.54, 1.807) is 30.3 Å². The average molecular weight is 466 g/mol. The smallest absolute Gasteiger partial charge is 0.230 e. The zero-order valence-corrected chi connectivity index (χ0v) is 19.0. The molecule has 0 fully saturated rings. The van der Waals surface area contributed by atoms with Crippen LogP contribution in [0, 0.1) is 12.7 Å². The lowest BCUT2D eigenvalue weighted by atomic mass is 10.1. The standard InChI is InChI=1S/C23H21ClFN7O/c1-13-11-31(17-7-4-15(25)5-8-17)22-20(13)21(24)28-23(29-22)27-16-6-9-18(19(10-16)33-3)32-12-26-14(2)30-32/h4-10,12-13H,11H2,1-3H3,(H,27,28,29). The predicted molar refractivity (Wildman–Crippen MR) is 125 cm³/mol. The van der Waals surface area contributed by atoms with Crippen molar-refractivity contribution in [1.29, 1.82) is 0 Å². The minimum atomic E-state index is -0.284. The van der Waals surface area contributed by atoms with Gasteiger partial charge in [0, 0.05) is 35.5 Å². The maximum atomic E-state index is 13.4. The number of nitrogens with zero attached hydrogens (tertiary/aromatic N) is 6. The van der Waals surface area contributed by atoms with Crippen LogP contribution in [-0.4, -0.2) is 38.4 Å². The number of anilines is 4. The quantitative estimate of drug-likeness (QED) is 0.407. The summed E-state index contributed by atoms with van der Waals surface area (Å²) in [5, 5.41) is 7.94. The summed E-state index contributed by atoms with van der Waals surface area (Å²) in [6.45, 7) is 4.57. The van der Waals surface area contributed by atoms with E-state index in [2.05, 4.69) is 27.3 Å². The SMILES string of the molecule is COc1cc(Nc2nc(Cl)c3c(n2)N(c2ccc(F)cc2)CC3C)ccc1-n1cnc(C)n1. The summed E-state index contributed by atoms with van der Waals surface area (Å²) in [6.07, 6.45) is 1.63. The molecule has 1 unspecified atom stereocenters. The van der Waals surface area contributed by atoms with Gasteiger partial charge in [-0.1, -0.05) is 18.5 Å². The van der Waals surface area contributed by atoms with Crippen LogP contribution < -0.4 is 15.0 Å². The summed E-state index contributed by atoms with van der Waals surface area (Å²) in [5.41, 5.74) is 3.20. The number of benzene rings is 2. The first-order valence-electron chi connectivity index (χ1n) is 10.4. The molecule has 1 aliphatic rings. The molecule has 0 bridgehead atoms. The zero-order chi connectivity index (χ0) is 23.1. The van der Waals surface area contributed by atoms with Crippen LogP contribution >= 0.6 is 11.6 Å². The third-order valence-corrected chi connectivity index (χ3v) is 5.80. The number of hydrogen-bond donors (Lipinski definition) is 1. The Kier molecular flexibility index (Phi) is 5.33. The Hall–Kier alpha value is -3.72. The van der Waals surface area contributed by atoms with Gasteiger partial charge in [-0.25, -0.2) is 19.0 Å². The molecule has 2 aromatic heterocycles. The molecule has 4 aromatic rings. The van der Waals surface area contributed by atoms with Gasteiger partial charge in [0.15, 0.2) is 0 Å². The number of aromatic nitrogens is 5. The van der Waals surface area contributed by atoms with Gasteiger partial charge in [0.2, 0.25) is 5.95 Å². The van der Waals surface area contributed by atoms with Crippen molar-refractivity contribution in [3.8, 4) is 11.4 Å². The van der Waals surface area contributed by atoms with Crippen molar-refractivity contribution in [2.45, 2.75) is 19.8 Å². The molecule has 1 aliphatic heterocycles. The topological polar surface area (TPSA) is 81.0 Å². The molecule has 33 heavy (non-hydrogen) atoms. The second-order valence-corrected chi connectivity index (χ2v) is 8.17. The predicted octanol–water partition coefficient (Wildman–Crippen LogP) is 5.17. The van der Waals surface area contributed by atoms with Gasteiger partial charge in [-0.05, 0) is 43.3 Å². The molecular weight excluding hydrogens is 445 g/mol. The monoisotopic (exact) mass is 465 g/mol. The summed E-state index contributed by atoms with van der Waals surface area (Å²) in [6, 6.07) is 11.9. The van der Waals surface area contributed by atoms with E-state index in [4.69, 9.17) is 21.3 Å². The van der Waals surface area contributed by atoms with Gasteiger partial charge in [-0.2, -0.15) is 10.1 Å². The summed E-state index contributed by atoms with van der Waals surface area (Å²) in [5.74, 6) is 2.19. The Morgan fingerprint density at radius 2 is 1.94 bits per heavy atom. The first-order chi connectivity index (χ1) is 15.9. The second-order valence-electron chi connectivity index (χ2n) is 7.81. The zero-order valence-electron chi connectivity index (χ0n) is 18.3. The van der Waals surface area contributed by atoms with Gasteiger partial charge < -0.3 is 15.0 Å². The maximum Gasteiger partial charge on any atom is 0.230 e. The van der Waals surface area contributed by atoms with E-state index in [1.165, 1.54) is 12.1 Å². The van der Waals surface area contributed by atoms with Crippen LogP contribution in [0.2, 0.25) is 5.15 Å². The van der Waals surface area contributed by atoms with Crippen molar-refractivity contribution in [2.75, 3.05) is 23.9 Å². The maximum absolute atomic E-state index is 13.4. The first-order valence-corrected chi connectivity index (χ1v) is 10.7. The van der Waals surface area contributed by atoms with Crippen molar-refractivity contribution in [1.82, 2.24) is 24.7 Å². The van der Waals surface area contributed by atoms with Gasteiger partial charge in [0.1, 0.15) is 40.4 Å². The molecule has 0 saturated heterocycles. The van der Waals surface area contributed by atoms with E-state index in [-0.39, 0.29) is 11.7 Å². The number of nitrogens with one attached hydrogen (secondary N) is 1. The number of aryl methyl sites for hydroxylation is 1. The third kappa shape index (κ3) is 3.95. The summed E-state index contributed by atoms with van der Waals surface area (Å²) >= 11 is 6.56. The van der Waals surface area contributed by atoms with Crippen LogP contribution in [0.25, 0.3) is 5.69 Å². The number of ether oxygens (including phenoxy) is 1. The normalized spacial score (nSPS) is 14.9. The van der Waals surface area contributed by atoms with Crippen LogP contribution in [0.5, 0.6) is 5.75 Å². The van der Waals surface area contributed by atoms with Crippen molar-refractivity contribution in [3.63, 3.8) is 0 Å². The summed E-state index contributed by atoms with van der Waals surface area (Å²) in [7, 11) is 1.59. The highest BCUT2D eigenvalue weighted by Crippen LogP contribution is 2.43. The van der Waals surface area contributed by atoms with Gasteiger partial charge in [-0.15, -0.1) is 0 Å². The van der Waals surface area contributed by atoms with Crippen LogP contribution in [-0.2, 0) is 0 Å². The van der Waals surface area contributed by atoms with Crippen molar-refractivity contribution < 1.29 is 9.13 Å². The number of fused-ring (bicyclic) bond motifs is 1. The summed E-state index contributed by atoms with van der Waals surface area (Å²) in [4.78, 5) is 15.4. The summed E-state index contributed by atoms with van der Waals surface area (Å²) < 4.78 is 20.6. The fraction of sp³-hybridized carbons (Fsp3) is 0.217. The molecule has 168 valence electrons. The molecule has 10 heteroatoms. The number of rotatable bonds is 5. The molecular formula is C23H21ClFN7O. The van der Waals surface area contributed by atoms with E-state index < -0.39 is 0 Å². The van der Waals surface area contributed by atoms with E-state index in [0.29, 0.717) is 35.0 Å². The molecule has 1 N–H and O–H groups in total. The highest BCUT2D eigenvalue weighted by molar-refractivity contribution is 6.30. The van der Waals surface area contributed by atoms with Crippen LogP contribution in [0.4, 0.5) is 27.5 Å². The van der Waals surface area contributed by atoms with E-state index >= 15 is 0 Å². The minimum absolute atomic E-state index is 0.136. The molecule has 3 heterocycles. The Labute approximate surface area is 195 Å². The minimum Gasteiger partial charge on any atom is -0.494 e. The highest BCUT2D eigenvalue weighted by atomic mass is 35.5. The van der Waals surface area contributed by atoms with Gasteiger partial charge in [-0.3, -0.25) is 0 Å². The Bertz CT molecular complexity index is 1330. The van der Waals surface area contributed by atoms with Crippen LogP contribution in [0.15, 0.2) is 48.8 Å². The lowest BCUT2D eigenvalue weighted by molar-refractivity contribution is 0.412. The second kappa shape index (κ2) is 8.32. The van der Waals surface area contributed by atoms with E-state index in [9.17, 15) is 4.39 Å². The molecule has 8 nitrogen and oxygen atoms in total. The van der Waals surface area contributed by atoms with Gasteiger partial charge in [0.25, 0.3) is 0 Å². The lowest BCUT2D eigenvalue weighted by Crippen LogP contribution is -2.15. The molecule has 5 rings (SSSR count). The van der Waals surface area contributed by atoms with E-state index in [1.807, 2.05) is 30.0 Å². The number of hydrogen-bond acceptors (Lipinski definition) is 7. The first kappa shape index (κ1) is 21.1. The average Bonchev–Trinajstić information content (AvgIpc) is 3.37. The Morgan fingerprint density at radius 1 is 1.15 bits per heavy atom. The molecule has 0 saturated carbocycles. The number of halogens is 2. The molecule has 0 radical (unpaired) electrons. The molecule has 0 amide bonds. The van der Waals surface area contributed by atoms with Crippen LogP contribution in [0.3, 0.4) is 0 Å². The molecule has 2 aromatic carbocycles. The molecule has 0 spiro atoms. The van der Waals surface area contributed by atoms with Crippen LogP contribution in [0.1, 0.15) is 24.2 Å². The van der Waals surface area contributed by atoms with Crippen molar-refractivity contribution in [3.05, 3.63) is 71.2 Å². The van der Waals surface area contributed by atoms with Crippen molar-refractivity contribution >= 4 is 34.7 Å². The van der Waals surface area contributed by atoms with Gasteiger partial charge >= 0.3 is 0 Å². The van der Waals surface area contributed by atoms with E-state index in [0.717, 1.165) is 22.6 Å².